The zero-order valence-electron chi connectivity index (χ0n) is 9.18. The lowest BCUT2D eigenvalue weighted by Gasteiger charge is -1.98. The van der Waals surface area contributed by atoms with Gasteiger partial charge in [0.1, 0.15) is 12.4 Å². The van der Waals surface area contributed by atoms with Gasteiger partial charge in [-0.25, -0.2) is 0 Å². The number of furan rings is 1. The van der Waals surface area contributed by atoms with Gasteiger partial charge in [-0.3, -0.25) is 0 Å². The first-order valence-electron chi connectivity index (χ1n) is 5.16. The van der Waals surface area contributed by atoms with Crippen LogP contribution >= 0.6 is 23.1 Å². The fraction of sp³-hybridized carbons (Fsp3) is 0.231. The minimum absolute atomic E-state index is 0.0885. The van der Waals surface area contributed by atoms with E-state index in [0.717, 1.165) is 22.8 Å². The van der Waals surface area contributed by atoms with Gasteiger partial charge in [0.15, 0.2) is 0 Å². The number of aliphatic hydroxyl groups excluding tert-OH is 1. The van der Waals surface area contributed by atoms with E-state index in [1.165, 1.54) is 4.88 Å². The van der Waals surface area contributed by atoms with Gasteiger partial charge in [-0.2, -0.15) is 0 Å². The first-order valence-corrected chi connectivity index (χ1v) is 7.20. The summed E-state index contributed by atoms with van der Waals surface area (Å²) in [7, 11) is 0. The van der Waals surface area contributed by atoms with E-state index < -0.39 is 0 Å². The van der Waals surface area contributed by atoms with Crippen LogP contribution in [0.15, 0.2) is 34.3 Å². The Kier molecular flexibility index (Phi) is 4.75. The topological polar surface area (TPSA) is 33.4 Å². The average molecular weight is 264 g/mol. The van der Waals surface area contributed by atoms with Crippen LogP contribution in [0.2, 0.25) is 0 Å². The Morgan fingerprint density at radius 2 is 2.29 bits per heavy atom. The van der Waals surface area contributed by atoms with Gasteiger partial charge in [-0.15, -0.1) is 23.1 Å². The van der Waals surface area contributed by atoms with Gasteiger partial charge in [0.2, 0.25) is 0 Å². The lowest BCUT2D eigenvalue weighted by Crippen LogP contribution is -1.82. The Hall–Kier alpha value is -1.15. The molecule has 0 radical (unpaired) electrons. The molecule has 0 saturated carbocycles. The standard InChI is InChI=1S/C13H12O2S2/c14-6-1-3-11-5-8-17-13(11)10-16-9-12-4-2-7-15-12/h2,4-5,7-8,14H,6,9-10H2. The molecule has 88 valence electrons. The summed E-state index contributed by atoms with van der Waals surface area (Å²) < 4.78 is 5.27. The molecule has 0 spiro atoms. The van der Waals surface area contributed by atoms with E-state index in [0.29, 0.717) is 0 Å². The predicted octanol–water partition coefficient (Wildman–Crippen LogP) is 3.12. The molecule has 0 saturated heterocycles. The molecule has 2 aromatic heterocycles. The molecular weight excluding hydrogens is 252 g/mol. The van der Waals surface area contributed by atoms with E-state index in [-0.39, 0.29) is 6.61 Å². The molecule has 0 bridgehead atoms. The van der Waals surface area contributed by atoms with E-state index in [2.05, 4.69) is 11.8 Å². The van der Waals surface area contributed by atoms with Crippen molar-refractivity contribution < 1.29 is 9.52 Å². The van der Waals surface area contributed by atoms with E-state index in [4.69, 9.17) is 9.52 Å². The SMILES string of the molecule is OCC#Cc1ccsc1CSCc1ccco1. The molecule has 0 atom stereocenters. The molecule has 0 aliphatic rings. The molecule has 0 unspecified atom stereocenters. The second-order valence-corrected chi connectivity index (χ2v) is 5.28. The van der Waals surface area contributed by atoms with Gasteiger partial charge in [0.05, 0.1) is 12.0 Å². The third-order valence-electron chi connectivity index (χ3n) is 2.11. The van der Waals surface area contributed by atoms with E-state index >= 15 is 0 Å². The molecule has 0 aromatic carbocycles. The number of thioether (sulfide) groups is 1. The molecule has 0 aliphatic heterocycles. The summed E-state index contributed by atoms with van der Waals surface area (Å²) in [6.45, 7) is -0.0885. The van der Waals surface area contributed by atoms with Gasteiger partial charge in [0.25, 0.3) is 0 Å². The molecule has 2 nitrogen and oxygen atoms in total. The summed E-state index contributed by atoms with van der Waals surface area (Å²) in [4.78, 5) is 1.25. The van der Waals surface area contributed by atoms with Crippen LogP contribution in [0.1, 0.15) is 16.2 Å². The summed E-state index contributed by atoms with van der Waals surface area (Å²) in [5, 5.41) is 10.7. The lowest BCUT2D eigenvalue weighted by molar-refractivity contribution is 0.350. The molecule has 2 aromatic rings. The van der Waals surface area contributed by atoms with Crippen LogP contribution in [0.3, 0.4) is 0 Å². The fourth-order valence-electron chi connectivity index (χ4n) is 1.34. The number of rotatable bonds is 4. The van der Waals surface area contributed by atoms with Crippen LogP contribution in [-0.4, -0.2) is 11.7 Å². The van der Waals surface area contributed by atoms with Crippen LogP contribution in [-0.2, 0) is 11.5 Å². The molecule has 2 rings (SSSR count). The molecule has 2 heterocycles. The third kappa shape index (κ3) is 3.67. The third-order valence-corrected chi connectivity index (χ3v) is 4.19. The Balaban J connectivity index is 1.88. The van der Waals surface area contributed by atoms with Crippen molar-refractivity contribution in [3.63, 3.8) is 0 Å². The first kappa shape index (κ1) is 12.3. The van der Waals surface area contributed by atoms with E-state index in [9.17, 15) is 0 Å². The molecule has 1 N–H and O–H groups in total. The van der Waals surface area contributed by atoms with Crippen molar-refractivity contribution in [2.45, 2.75) is 11.5 Å². The number of thiophene rings is 1. The number of hydrogen-bond donors (Lipinski definition) is 1. The minimum Gasteiger partial charge on any atom is -0.468 e. The van der Waals surface area contributed by atoms with Crippen LogP contribution in [0, 0.1) is 11.8 Å². The maximum Gasteiger partial charge on any atom is 0.113 e. The van der Waals surface area contributed by atoms with Gasteiger partial charge < -0.3 is 9.52 Å². The van der Waals surface area contributed by atoms with Crippen molar-refractivity contribution >= 4 is 23.1 Å². The molecule has 17 heavy (non-hydrogen) atoms. The quantitative estimate of drug-likeness (QED) is 0.861. The first-order chi connectivity index (χ1) is 8.40. The largest absolute Gasteiger partial charge is 0.468 e. The van der Waals surface area contributed by atoms with Crippen LogP contribution in [0.4, 0.5) is 0 Å². The van der Waals surface area contributed by atoms with Crippen molar-refractivity contribution in [1.82, 2.24) is 0 Å². The number of aliphatic hydroxyl groups is 1. The monoisotopic (exact) mass is 264 g/mol. The Labute approximate surface area is 109 Å². The van der Waals surface area contributed by atoms with Crippen molar-refractivity contribution in [2.75, 3.05) is 6.61 Å². The second-order valence-electron chi connectivity index (χ2n) is 3.29. The van der Waals surface area contributed by atoms with Crippen molar-refractivity contribution in [2.24, 2.45) is 0 Å². The van der Waals surface area contributed by atoms with Gasteiger partial charge in [-0.05, 0) is 23.6 Å². The van der Waals surface area contributed by atoms with E-state index in [1.807, 2.05) is 23.6 Å². The molecule has 0 fully saturated rings. The Morgan fingerprint density at radius 1 is 1.35 bits per heavy atom. The molecule has 0 amide bonds. The van der Waals surface area contributed by atoms with E-state index in [1.54, 1.807) is 29.4 Å². The highest BCUT2D eigenvalue weighted by Crippen LogP contribution is 2.24. The van der Waals surface area contributed by atoms with Gasteiger partial charge in [-0.1, -0.05) is 11.8 Å². The fourth-order valence-corrected chi connectivity index (χ4v) is 3.28. The van der Waals surface area contributed by atoms with Crippen molar-refractivity contribution in [1.29, 1.82) is 0 Å². The lowest BCUT2D eigenvalue weighted by atomic mass is 10.3. The van der Waals surface area contributed by atoms with Gasteiger partial charge in [0, 0.05) is 16.2 Å². The molecule has 0 aliphatic carbocycles. The Morgan fingerprint density at radius 3 is 3.06 bits per heavy atom. The number of hydrogen-bond acceptors (Lipinski definition) is 4. The molecule has 4 heteroatoms. The zero-order valence-corrected chi connectivity index (χ0v) is 10.8. The summed E-state index contributed by atoms with van der Waals surface area (Å²) in [5.41, 5.74) is 1.02. The maximum atomic E-state index is 8.67. The summed E-state index contributed by atoms with van der Waals surface area (Å²) in [6, 6.07) is 5.88. The van der Waals surface area contributed by atoms with Crippen molar-refractivity contribution in [3.05, 3.63) is 46.0 Å². The Bertz CT molecular complexity index is 503. The molecular formula is C13H12O2S2. The zero-order chi connectivity index (χ0) is 11.9. The summed E-state index contributed by atoms with van der Waals surface area (Å²) in [5.74, 6) is 8.43. The summed E-state index contributed by atoms with van der Waals surface area (Å²) >= 11 is 3.50. The maximum absolute atomic E-state index is 8.67. The van der Waals surface area contributed by atoms with Crippen LogP contribution in [0.5, 0.6) is 0 Å². The van der Waals surface area contributed by atoms with Gasteiger partial charge >= 0.3 is 0 Å². The van der Waals surface area contributed by atoms with Crippen LogP contribution in [0.25, 0.3) is 0 Å². The average Bonchev–Trinajstić information content (AvgIpc) is 2.98. The normalized spacial score (nSPS) is 9.94. The highest BCUT2D eigenvalue weighted by Gasteiger charge is 2.03. The highest BCUT2D eigenvalue weighted by atomic mass is 32.2. The second kappa shape index (κ2) is 6.55. The minimum atomic E-state index is -0.0885. The van der Waals surface area contributed by atoms with Crippen LogP contribution < -0.4 is 0 Å². The smallest absolute Gasteiger partial charge is 0.113 e. The van der Waals surface area contributed by atoms with Crippen molar-refractivity contribution in [3.8, 4) is 11.8 Å². The summed E-state index contributed by atoms with van der Waals surface area (Å²) in [6.07, 6.45) is 1.69. The highest BCUT2D eigenvalue weighted by molar-refractivity contribution is 7.97. The predicted molar refractivity (Wildman–Crippen MR) is 72.0 cm³/mol.